The zero-order valence-corrected chi connectivity index (χ0v) is 15.3. The highest BCUT2D eigenvalue weighted by Gasteiger charge is 2.13. The van der Waals surface area contributed by atoms with Crippen LogP contribution < -0.4 is 4.72 Å². The SMILES string of the molecule is Cc1nccn1-c1ccccc1CNS(=O)(=O)Cc1ccc(Cl)cc1. The van der Waals surface area contributed by atoms with E-state index < -0.39 is 10.0 Å². The smallest absolute Gasteiger partial charge is 0.216 e. The summed E-state index contributed by atoms with van der Waals surface area (Å²) in [5, 5.41) is 0.582. The Morgan fingerprint density at radius 3 is 2.52 bits per heavy atom. The van der Waals surface area contributed by atoms with E-state index in [0.717, 1.165) is 17.1 Å². The maximum Gasteiger partial charge on any atom is 0.216 e. The maximum atomic E-state index is 12.4. The zero-order chi connectivity index (χ0) is 17.9. The summed E-state index contributed by atoms with van der Waals surface area (Å²) in [5.74, 6) is 0.757. The Balaban J connectivity index is 1.75. The summed E-state index contributed by atoms with van der Waals surface area (Å²) in [6, 6.07) is 14.4. The molecular formula is C18H18ClN3O2S. The molecule has 1 heterocycles. The first-order valence-corrected chi connectivity index (χ1v) is 9.78. The maximum absolute atomic E-state index is 12.4. The van der Waals surface area contributed by atoms with E-state index in [2.05, 4.69) is 9.71 Å². The molecule has 0 aliphatic heterocycles. The number of hydrogen-bond acceptors (Lipinski definition) is 3. The number of sulfonamides is 1. The summed E-state index contributed by atoms with van der Waals surface area (Å²) in [6.07, 6.45) is 3.58. The van der Waals surface area contributed by atoms with Crippen LogP contribution in [0.1, 0.15) is 17.0 Å². The van der Waals surface area contributed by atoms with E-state index in [1.165, 1.54) is 0 Å². The van der Waals surface area contributed by atoms with Crippen LogP contribution in [-0.2, 0) is 22.3 Å². The summed E-state index contributed by atoms with van der Waals surface area (Å²) in [5.41, 5.74) is 2.48. The Kier molecular flexibility index (Phi) is 5.22. The molecule has 0 saturated carbocycles. The average molecular weight is 376 g/mol. The monoisotopic (exact) mass is 375 g/mol. The van der Waals surface area contributed by atoms with Crippen molar-refractivity contribution >= 4 is 21.6 Å². The van der Waals surface area contributed by atoms with Gasteiger partial charge in [-0.15, -0.1) is 0 Å². The lowest BCUT2D eigenvalue weighted by atomic mass is 10.2. The Morgan fingerprint density at radius 1 is 1.12 bits per heavy atom. The highest BCUT2D eigenvalue weighted by molar-refractivity contribution is 7.88. The highest BCUT2D eigenvalue weighted by atomic mass is 35.5. The molecule has 5 nitrogen and oxygen atoms in total. The number of rotatable bonds is 6. The van der Waals surface area contributed by atoms with Gasteiger partial charge in [0.15, 0.2) is 0 Å². The minimum absolute atomic E-state index is 0.0869. The van der Waals surface area contributed by atoms with Crippen molar-refractivity contribution in [3.8, 4) is 5.69 Å². The van der Waals surface area contributed by atoms with Gasteiger partial charge < -0.3 is 4.57 Å². The van der Waals surface area contributed by atoms with E-state index in [-0.39, 0.29) is 12.3 Å². The van der Waals surface area contributed by atoms with E-state index in [1.54, 1.807) is 30.5 Å². The van der Waals surface area contributed by atoms with Crippen molar-refractivity contribution in [2.75, 3.05) is 0 Å². The molecule has 0 unspecified atom stereocenters. The van der Waals surface area contributed by atoms with Crippen molar-refractivity contribution in [2.24, 2.45) is 0 Å². The van der Waals surface area contributed by atoms with Gasteiger partial charge in [-0.05, 0) is 36.2 Å². The van der Waals surface area contributed by atoms with E-state index in [0.29, 0.717) is 10.6 Å². The van der Waals surface area contributed by atoms with Crippen molar-refractivity contribution in [1.29, 1.82) is 0 Å². The zero-order valence-electron chi connectivity index (χ0n) is 13.7. The predicted octanol–water partition coefficient (Wildman–Crippen LogP) is 3.45. The van der Waals surface area contributed by atoms with Crippen molar-refractivity contribution in [2.45, 2.75) is 19.2 Å². The molecule has 3 rings (SSSR count). The molecule has 7 heteroatoms. The first kappa shape index (κ1) is 17.7. The number of benzene rings is 2. The first-order chi connectivity index (χ1) is 11.9. The molecule has 0 bridgehead atoms. The van der Waals surface area contributed by atoms with Gasteiger partial charge in [0, 0.05) is 24.0 Å². The second-order valence-electron chi connectivity index (χ2n) is 5.68. The number of para-hydroxylation sites is 1. The fourth-order valence-corrected chi connectivity index (χ4v) is 3.80. The molecule has 1 N–H and O–H groups in total. The van der Waals surface area contributed by atoms with Gasteiger partial charge in [-0.3, -0.25) is 0 Å². The van der Waals surface area contributed by atoms with Crippen LogP contribution in [0.25, 0.3) is 5.69 Å². The third-order valence-corrected chi connectivity index (χ3v) is 5.38. The van der Waals surface area contributed by atoms with Crippen LogP contribution in [0.2, 0.25) is 5.02 Å². The molecule has 0 spiro atoms. The van der Waals surface area contributed by atoms with Crippen LogP contribution in [0, 0.1) is 6.92 Å². The van der Waals surface area contributed by atoms with Crippen molar-refractivity contribution in [3.63, 3.8) is 0 Å². The summed E-state index contributed by atoms with van der Waals surface area (Å²) in [4.78, 5) is 4.22. The van der Waals surface area contributed by atoms with Crippen LogP contribution in [0.15, 0.2) is 60.9 Å². The molecular weight excluding hydrogens is 358 g/mol. The molecule has 0 fully saturated rings. The van der Waals surface area contributed by atoms with Gasteiger partial charge >= 0.3 is 0 Å². The Labute approximate surface area is 152 Å². The van der Waals surface area contributed by atoms with Crippen molar-refractivity contribution in [3.05, 3.63) is 82.9 Å². The second-order valence-corrected chi connectivity index (χ2v) is 7.92. The van der Waals surface area contributed by atoms with Crippen LogP contribution in [-0.4, -0.2) is 18.0 Å². The molecule has 0 aliphatic carbocycles. The molecule has 0 saturated heterocycles. The topological polar surface area (TPSA) is 64.0 Å². The fourth-order valence-electron chi connectivity index (χ4n) is 2.57. The lowest BCUT2D eigenvalue weighted by Gasteiger charge is -2.13. The Bertz CT molecular complexity index is 966. The molecule has 0 amide bonds. The number of hydrogen-bond donors (Lipinski definition) is 1. The molecule has 3 aromatic rings. The number of nitrogens with one attached hydrogen (secondary N) is 1. The van der Waals surface area contributed by atoms with E-state index in [9.17, 15) is 8.42 Å². The second kappa shape index (κ2) is 7.39. The Morgan fingerprint density at radius 2 is 1.84 bits per heavy atom. The van der Waals surface area contributed by atoms with Gasteiger partial charge in [-0.1, -0.05) is 41.9 Å². The number of imidazole rings is 1. The van der Waals surface area contributed by atoms with E-state index in [4.69, 9.17) is 11.6 Å². The quantitative estimate of drug-likeness (QED) is 0.717. The summed E-state index contributed by atoms with van der Waals surface area (Å²) < 4.78 is 29.3. The van der Waals surface area contributed by atoms with Gasteiger partial charge in [0.1, 0.15) is 5.82 Å². The van der Waals surface area contributed by atoms with Gasteiger partial charge in [0.05, 0.1) is 11.4 Å². The van der Waals surface area contributed by atoms with E-state index >= 15 is 0 Å². The normalized spacial score (nSPS) is 11.6. The molecule has 2 aromatic carbocycles. The van der Waals surface area contributed by atoms with Gasteiger partial charge in [-0.25, -0.2) is 18.1 Å². The van der Waals surface area contributed by atoms with Gasteiger partial charge in [0.2, 0.25) is 10.0 Å². The van der Waals surface area contributed by atoms with Crippen molar-refractivity contribution in [1.82, 2.24) is 14.3 Å². The molecule has 1 aromatic heterocycles. The third-order valence-electron chi connectivity index (χ3n) is 3.83. The number of aromatic nitrogens is 2. The standard InChI is InChI=1S/C18H18ClN3O2S/c1-14-20-10-11-22(14)18-5-3-2-4-16(18)12-21-25(23,24)13-15-6-8-17(19)9-7-15/h2-11,21H,12-13H2,1H3. The Hall–Kier alpha value is -2.15. The number of nitrogens with zero attached hydrogens (tertiary/aromatic N) is 2. The molecule has 25 heavy (non-hydrogen) atoms. The van der Waals surface area contributed by atoms with Crippen LogP contribution >= 0.6 is 11.6 Å². The fraction of sp³-hybridized carbons (Fsp3) is 0.167. The molecule has 130 valence electrons. The van der Waals surface area contributed by atoms with Gasteiger partial charge in [-0.2, -0.15) is 0 Å². The molecule has 0 atom stereocenters. The first-order valence-electron chi connectivity index (χ1n) is 7.75. The highest BCUT2D eigenvalue weighted by Crippen LogP contribution is 2.17. The summed E-state index contributed by atoms with van der Waals surface area (Å²) in [6.45, 7) is 2.12. The molecule has 0 radical (unpaired) electrons. The van der Waals surface area contributed by atoms with E-state index in [1.807, 2.05) is 42.0 Å². The van der Waals surface area contributed by atoms with Crippen LogP contribution in [0.4, 0.5) is 0 Å². The third kappa shape index (κ3) is 4.48. The average Bonchev–Trinajstić information content (AvgIpc) is 3.01. The lowest BCUT2D eigenvalue weighted by Crippen LogP contribution is -2.25. The summed E-state index contributed by atoms with van der Waals surface area (Å²) >= 11 is 5.83. The van der Waals surface area contributed by atoms with Gasteiger partial charge in [0.25, 0.3) is 0 Å². The molecule has 0 aliphatic rings. The van der Waals surface area contributed by atoms with Crippen LogP contribution in [0.3, 0.4) is 0 Å². The summed E-state index contributed by atoms with van der Waals surface area (Å²) in [7, 11) is -3.46. The minimum Gasteiger partial charge on any atom is -0.304 e. The largest absolute Gasteiger partial charge is 0.304 e. The van der Waals surface area contributed by atoms with Crippen molar-refractivity contribution < 1.29 is 8.42 Å². The predicted molar refractivity (Wildman–Crippen MR) is 99.2 cm³/mol. The minimum atomic E-state index is -3.46. The lowest BCUT2D eigenvalue weighted by molar-refractivity contribution is 0.580. The van der Waals surface area contributed by atoms with Crippen LogP contribution in [0.5, 0.6) is 0 Å². The number of halogens is 1. The number of aryl methyl sites for hydroxylation is 1.